The lowest BCUT2D eigenvalue weighted by Crippen LogP contribution is -2.22. The van der Waals surface area contributed by atoms with Crippen molar-refractivity contribution < 1.29 is 9.84 Å². The molecular formula is C13H26O2. The first kappa shape index (κ1) is 13.0. The summed E-state index contributed by atoms with van der Waals surface area (Å²) in [5.74, 6) is 1.38. The fraction of sp³-hybridized carbons (Fsp3) is 1.00. The molecule has 0 radical (unpaired) electrons. The smallest absolute Gasteiger partial charge is 0.0870 e. The molecule has 2 nitrogen and oxygen atoms in total. The molecule has 1 aliphatic rings. The van der Waals surface area contributed by atoms with Gasteiger partial charge in [0.25, 0.3) is 0 Å². The lowest BCUT2D eigenvalue weighted by molar-refractivity contribution is 0.139. The summed E-state index contributed by atoms with van der Waals surface area (Å²) in [4.78, 5) is 0. The van der Waals surface area contributed by atoms with Crippen molar-refractivity contribution in [1.82, 2.24) is 0 Å². The quantitative estimate of drug-likeness (QED) is 0.690. The van der Waals surface area contributed by atoms with Crippen molar-refractivity contribution in [3.8, 4) is 0 Å². The van der Waals surface area contributed by atoms with Gasteiger partial charge in [-0.2, -0.15) is 0 Å². The summed E-state index contributed by atoms with van der Waals surface area (Å²) in [6, 6.07) is 0. The Bertz CT molecular complexity index is 201. The van der Waals surface area contributed by atoms with E-state index in [2.05, 4.69) is 34.6 Å². The molecule has 2 heteroatoms. The molecule has 0 spiro atoms. The van der Waals surface area contributed by atoms with Gasteiger partial charge >= 0.3 is 0 Å². The van der Waals surface area contributed by atoms with Gasteiger partial charge in [-0.25, -0.2) is 0 Å². The average molecular weight is 214 g/mol. The largest absolute Gasteiger partial charge is 0.396 e. The summed E-state index contributed by atoms with van der Waals surface area (Å²) in [5.41, 5.74) is 0.00852. The molecule has 0 aliphatic carbocycles. The molecule has 0 unspecified atom stereocenters. The Kier molecular flexibility index (Phi) is 4.19. The molecule has 1 aliphatic heterocycles. The van der Waals surface area contributed by atoms with Crippen molar-refractivity contribution >= 4 is 0 Å². The first-order chi connectivity index (χ1) is 6.91. The average Bonchev–Trinajstić information content (AvgIpc) is 2.94. The molecular weight excluding hydrogens is 188 g/mol. The number of hydrogen-bond donors (Lipinski definition) is 1. The van der Waals surface area contributed by atoms with Crippen molar-refractivity contribution in [3.05, 3.63) is 0 Å². The lowest BCUT2D eigenvalue weighted by atomic mass is 9.84. The second-order valence-corrected chi connectivity index (χ2v) is 5.91. The maximum absolute atomic E-state index is 9.20. The molecule has 4 atom stereocenters. The van der Waals surface area contributed by atoms with Crippen molar-refractivity contribution in [2.75, 3.05) is 6.61 Å². The van der Waals surface area contributed by atoms with E-state index in [-0.39, 0.29) is 12.0 Å². The van der Waals surface area contributed by atoms with Crippen LogP contribution in [0.5, 0.6) is 0 Å². The summed E-state index contributed by atoms with van der Waals surface area (Å²) >= 11 is 0. The van der Waals surface area contributed by atoms with Gasteiger partial charge in [-0.1, -0.05) is 41.0 Å². The Hall–Kier alpha value is -0.0800. The van der Waals surface area contributed by atoms with Crippen LogP contribution in [0.15, 0.2) is 0 Å². The van der Waals surface area contributed by atoms with E-state index in [1.54, 1.807) is 0 Å². The van der Waals surface area contributed by atoms with Crippen molar-refractivity contribution in [3.63, 3.8) is 0 Å². The van der Waals surface area contributed by atoms with Crippen molar-refractivity contribution in [2.45, 2.75) is 59.7 Å². The summed E-state index contributed by atoms with van der Waals surface area (Å²) in [6.07, 6.45) is 3.02. The molecule has 0 aromatic heterocycles. The van der Waals surface area contributed by atoms with E-state index in [1.807, 2.05) is 0 Å². The normalized spacial score (nSPS) is 30.0. The first-order valence-corrected chi connectivity index (χ1v) is 6.17. The van der Waals surface area contributed by atoms with Crippen LogP contribution in [0.4, 0.5) is 0 Å². The zero-order chi connectivity index (χ0) is 11.6. The van der Waals surface area contributed by atoms with Crippen LogP contribution < -0.4 is 0 Å². The van der Waals surface area contributed by atoms with E-state index < -0.39 is 0 Å². The van der Waals surface area contributed by atoms with Gasteiger partial charge in [0.05, 0.1) is 12.2 Å². The number of ether oxygens (including phenoxy) is 1. The van der Waals surface area contributed by atoms with Crippen molar-refractivity contribution in [2.24, 2.45) is 17.3 Å². The fourth-order valence-corrected chi connectivity index (χ4v) is 2.09. The minimum atomic E-state index is 0.00852. The minimum absolute atomic E-state index is 0.00852. The zero-order valence-electron chi connectivity index (χ0n) is 10.8. The molecule has 1 heterocycles. The van der Waals surface area contributed by atoms with Gasteiger partial charge < -0.3 is 9.84 Å². The van der Waals surface area contributed by atoms with E-state index in [4.69, 9.17) is 4.74 Å². The Morgan fingerprint density at radius 3 is 2.40 bits per heavy atom. The van der Waals surface area contributed by atoms with E-state index in [9.17, 15) is 5.11 Å². The van der Waals surface area contributed by atoms with E-state index >= 15 is 0 Å². The van der Waals surface area contributed by atoms with Crippen LogP contribution >= 0.6 is 0 Å². The Morgan fingerprint density at radius 2 is 1.93 bits per heavy atom. The van der Waals surface area contributed by atoms with Gasteiger partial charge in [0.15, 0.2) is 0 Å². The van der Waals surface area contributed by atoms with Crippen LogP contribution in [0.3, 0.4) is 0 Å². The highest BCUT2D eigenvalue weighted by atomic mass is 16.6. The van der Waals surface area contributed by atoms with E-state index in [1.165, 1.54) is 6.42 Å². The molecule has 0 aromatic carbocycles. The number of epoxide rings is 1. The van der Waals surface area contributed by atoms with Gasteiger partial charge in [0.2, 0.25) is 0 Å². The summed E-state index contributed by atoms with van der Waals surface area (Å²) in [6.45, 7) is 11.2. The molecule has 0 aromatic rings. The Morgan fingerprint density at radius 1 is 1.33 bits per heavy atom. The van der Waals surface area contributed by atoms with Gasteiger partial charge in [0, 0.05) is 6.61 Å². The Labute approximate surface area is 94.0 Å². The topological polar surface area (TPSA) is 32.8 Å². The maximum Gasteiger partial charge on any atom is 0.0870 e. The molecule has 1 N–H and O–H groups in total. The lowest BCUT2D eigenvalue weighted by Gasteiger charge is -2.21. The number of hydrogen-bond acceptors (Lipinski definition) is 2. The van der Waals surface area contributed by atoms with E-state index in [0.717, 1.165) is 12.3 Å². The molecule has 1 fully saturated rings. The fourth-order valence-electron chi connectivity index (χ4n) is 2.09. The summed E-state index contributed by atoms with van der Waals surface area (Å²) in [7, 11) is 0. The van der Waals surface area contributed by atoms with E-state index in [0.29, 0.717) is 18.1 Å². The van der Waals surface area contributed by atoms with Gasteiger partial charge in [-0.15, -0.1) is 0 Å². The standard InChI is InChI=1S/C13H26O2/c1-6-9(2)10(3)12-11(15-12)7-13(4,5)8-14/h9-12,14H,6-8H2,1-5H3/t9-,10+,11+,12+/m0/s1. The third-order valence-electron chi connectivity index (χ3n) is 3.86. The zero-order valence-corrected chi connectivity index (χ0v) is 10.8. The molecule has 90 valence electrons. The molecule has 1 rings (SSSR count). The number of rotatable bonds is 6. The van der Waals surface area contributed by atoms with Crippen LogP contribution in [-0.4, -0.2) is 23.9 Å². The van der Waals surface area contributed by atoms with Crippen LogP contribution in [-0.2, 0) is 4.74 Å². The Balaban J connectivity index is 2.34. The maximum atomic E-state index is 9.20. The summed E-state index contributed by atoms with van der Waals surface area (Å²) < 4.78 is 5.73. The van der Waals surface area contributed by atoms with Gasteiger partial charge in [-0.3, -0.25) is 0 Å². The van der Waals surface area contributed by atoms with Crippen LogP contribution in [0.1, 0.15) is 47.5 Å². The highest BCUT2D eigenvalue weighted by Gasteiger charge is 2.46. The monoisotopic (exact) mass is 214 g/mol. The van der Waals surface area contributed by atoms with Crippen molar-refractivity contribution in [1.29, 1.82) is 0 Å². The number of aliphatic hydroxyl groups excluding tert-OH is 1. The highest BCUT2D eigenvalue weighted by Crippen LogP contribution is 2.40. The minimum Gasteiger partial charge on any atom is -0.396 e. The first-order valence-electron chi connectivity index (χ1n) is 6.17. The third kappa shape index (κ3) is 3.46. The van der Waals surface area contributed by atoms with Crippen LogP contribution in [0.2, 0.25) is 0 Å². The second kappa shape index (κ2) is 4.84. The predicted octanol–water partition coefficient (Wildman–Crippen LogP) is 2.84. The molecule has 15 heavy (non-hydrogen) atoms. The SMILES string of the molecule is CC[C@H](C)[C@@H](C)[C@H]1O[C@@H]1CC(C)(C)CO. The summed E-state index contributed by atoms with van der Waals surface area (Å²) in [5, 5.41) is 9.20. The van der Waals surface area contributed by atoms with Crippen LogP contribution in [0.25, 0.3) is 0 Å². The third-order valence-corrected chi connectivity index (χ3v) is 3.86. The van der Waals surface area contributed by atoms with Gasteiger partial charge in [-0.05, 0) is 23.7 Å². The molecule has 1 saturated heterocycles. The van der Waals surface area contributed by atoms with Gasteiger partial charge in [0.1, 0.15) is 0 Å². The highest BCUT2D eigenvalue weighted by molar-refractivity contribution is 4.93. The second-order valence-electron chi connectivity index (χ2n) is 5.91. The molecule has 0 saturated carbocycles. The molecule has 0 amide bonds. The molecule has 0 bridgehead atoms. The number of aliphatic hydroxyl groups is 1. The van der Waals surface area contributed by atoms with Crippen LogP contribution in [0, 0.1) is 17.3 Å². The predicted molar refractivity (Wildman–Crippen MR) is 62.8 cm³/mol.